The minimum Gasteiger partial charge on any atom is -0.543 e. The molecular formula is C25H26N6O6PtS. The monoisotopic (exact) mass is 733 g/mol. The molecule has 39 heavy (non-hydrogen) atoms. The summed E-state index contributed by atoms with van der Waals surface area (Å²) in [4.78, 5) is 20.8. The van der Waals surface area contributed by atoms with Crippen molar-refractivity contribution in [2.45, 2.75) is 49.6 Å². The summed E-state index contributed by atoms with van der Waals surface area (Å²) in [6.45, 7) is 1.85. The van der Waals surface area contributed by atoms with Crippen LogP contribution in [0.25, 0.3) is 10.9 Å². The van der Waals surface area contributed by atoms with Gasteiger partial charge in [0.05, 0.1) is 45.2 Å². The Kier molecular flexibility index (Phi) is 12.8. The summed E-state index contributed by atoms with van der Waals surface area (Å²) in [7, 11) is -3.85. The van der Waals surface area contributed by atoms with E-state index in [-0.39, 0.29) is 43.6 Å². The summed E-state index contributed by atoms with van der Waals surface area (Å²) < 4.78 is 27.7. The van der Waals surface area contributed by atoms with Crippen LogP contribution in [0.3, 0.4) is 0 Å². The van der Waals surface area contributed by atoms with Gasteiger partial charge in [0.1, 0.15) is 6.07 Å². The van der Waals surface area contributed by atoms with Crippen LogP contribution in [0.15, 0.2) is 47.5 Å². The molecule has 1 aliphatic carbocycles. The Morgan fingerprint density at radius 3 is 2.10 bits per heavy atom. The number of H-pyrrole nitrogens is 1. The van der Waals surface area contributed by atoms with E-state index in [4.69, 9.17) is 41.8 Å². The van der Waals surface area contributed by atoms with E-state index < -0.39 is 22.0 Å². The van der Waals surface area contributed by atoms with E-state index in [0.29, 0.717) is 22.2 Å². The van der Waals surface area contributed by atoms with Gasteiger partial charge in [0.25, 0.3) is 10.0 Å². The zero-order chi connectivity index (χ0) is 28.5. The Labute approximate surface area is 239 Å². The summed E-state index contributed by atoms with van der Waals surface area (Å²) in [5.74, 6) is -4.37. The molecule has 0 saturated heterocycles. The van der Waals surface area contributed by atoms with Crippen molar-refractivity contribution in [3.05, 3.63) is 59.3 Å². The molecule has 1 aliphatic rings. The number of aliphatic carboxylic acids is 2. The number of carboxylic acid groups (broad SMARTS) is 2. The number of nitriles is 2. The first-order chi connectivity index (χ1) is 17.9. The number of sulfonamides is 1. The minimum absolute atomic E-state index is 0. The molecule has 14 heteroatoms. The maximum atomic E-state index is 12.6. The van der Waals surface area contributed by atoms with Gasteiger partial charge in [-0.15, -0.1) is 0 Å². The zero-order valence-electron chi connectivity index (χ0n) is 20.7. The van der Waals surface area contributed by atoms with Crippen LogP contribution < -0.4 is 26.4 Å². The molecule has 2 aromatic carbocycles. The number of carbonyl (C=O) groups is 2. The van der Waals surface area contributed by atoms with Crippen LogP contribution in [0.5, 0.6) is 0 Å². The molecule has 1 fully saturated rings. The fourth-order valence-corrected chi connectivity index (χ4v) is 4.84. The van der Waals surface area contributed by atoms with Crippen molar-refractivity contribution in [1.82, 2.24) is 4.98 Å². The van der Waals surface area contributed by atoms with Crippen molar-refractivity contribution >= 4 is 38.6 Å². The van der Waals surface area contributed by atoms with E-state index in [1.54, 1.807) is 18.3 Å². The standard InChI is InChI=1S/C17H12N4O2S.C6H14N2.C2H2O4.Pt/c1-11-5-6-15(17-16(11)13(9-19)10-20-17)21-24(22,23)14-4-2-3-12(7-14)8-18;7-5-3-1-2-4-6(5)8;3-1(4)2(5)6;/h2-7,10,20-21H,1H3;5-6H,1-4,7-8H2;(H,3,4)(H,5,6);/q;;;+2/p-2/t;5-,6-;;/m.1../s1. The molecule has 0 amide bonds. The molecular weight excluding hydrogens is 707 g/mol. The van der Waals surface area contributed by atoms with Gasteiger partial charge in [0.2, 0.25) is 0 Å². The molecule has 0 aliphatic heterocycles. The molecule has 208 valence electrons. The number of hydrogen-bond donors (Lipinski definition) is 4. The smallest absolute Gasteiger partial charge is 0.543 e. The maximum absolute atomic E-state index is 12.6. The predicted molar refractivity (Wildman–Crippen MR) is 134 cm³/mol. The van der Waals surface area contributed by atoms with Gasteiger partial charge in [0, 0.05) is 23.7 Å². The van der Waals surface area contributed by atoms with Gasteiger partial charge in [-0.25, -0.2) is 8.42 Å². The molecule has 1 aromatic heterocycles. The van der Waals surface area contributed by atoms with Gasteiger partial charge in [-0.3, -0.25) is 4.72 Å². The quantitative estimate of drug-likeness (QED) is 0.257. The number of nitrogens with zero attached hydrogens (tertiary/aromatic N) is 2. The van der Waals surface area contributed by atoms with Crippen LogP contribution in [-0.2, 0) is 40.7 Å². The largest absolute Gasteiger partial charge is 2.00 e. The van der Waals surface area contributed by atoms with Gasteiger partial charge >= 0.3 is 21.1 Å². The van der Waals surface area contributed by atoms with Crippen molar-refractivity contribution in [2.24, 2.45) is 11.5 Å². The second-order valence-corrected chi connectivity index (χ2v) is 10.1. The molecule has 0 radical (unpaired) electrons. The summed E-state index contributed by atoms with van der Waals surface area (Å²) in [5.41, 5.74) is 13.8. The third-order valence-electron chi connectivity index (χ3n) is 5.72. The van der Waals surface area contributed by atoms with Gasteiger partial charge < -0.3 is 36.3 Å². The average Bonchev–Trinajstić information content (AvgIpc) is 3.34. The Balaban J connectivity index is 0.000000418. The molecule has 0 spiro atoms. The van der Waals surface area contributed by atoms with Crippen molar-refractivity contribution in [2.75, 3.05) is 4.72 Å². The minimum atomic E-state index is -3.85. The van der Waals surface area contributed by atoms with Crippen LogP contribution in [0.2, 0.25) is 0 Å². The Morgan fingerprint density at radius 2 is 1.62 bits per heavy atom. The number of rotatable bonds is 3. The molecule has 2 atom stereocenters. The second kappa shape index (κ2) is 15.0. The van der Waals surface area contributed by atoms with Crippen LogP contribution >= 0.6 is 0 Å². The molecule has 12 nitrogen and oxygen atoms in total. The number of aryl methyl sites for hydroxylation is 1. The van der Waals surface area contributed by atoms with Crippen LogP contribution in [-0.4, -0.2) is 37.4 Å². The van der Waals surface area contributed by atoms with Crippen LogP contribution in [0, 0.1) is 29.6 Å². The fraction of sp³-hybridized carbons (Fsp3) is 0.280. The van der Waals surface area contributed by atoms with Crippen molar-refractivity contribution < 1.29 is 49.3 Å². The molecule has 1 saturated carbocycles. The van der Waals surface area contributed by atoms with Crippen molar-refractivity contribution in [3.63, 3.8) is 0 Å². The number of benzene rings is 2. The van der Waals surface area contributed by atoms with E-state index in [1.807, 2.05) is 13.0 Å². The van der Waals surface area contributed by atoms with Crippen LogP contribution in [0.1, 0.15) is 42.4 Å². The summed E-state index contributed by atoms with van der Waals surface area (Å²) in [6.07, 6.45) is 6.35. The number of hydrogen-bond acceptors (Lipinski definition) is 10. The number of nitrogens with one attached hydrogen (secondary N) is 2. The maximum Gasteiger partial charge on any atom is 2.00 e. The van der Waals surface area contributed by atoms with E-state index in [0.717, 1.165) is 18.4 Å². The SMILES string of the molecule is Cc1ccc(NS(=O)(=O)c2cccc(C#N)c2)c2[nH]cc(C#N)c12.N[C@@H]1CCCC[C@H]1N.O=C([O-])C(=O)[O-].[Pt+2]. The molecule has 3 aromatic rings. The number of aromatic amines is 1. The normalized spacial score (nSPS) is 16.0. The fourth-order valence-electron chi connectivity index (χ4n) is 3.72. The first-order valence-corrected chi connectivity index (χ1v) is 12.9. The van der Waals surface area contributed by atoms with Crippen molar-refractivity contribution in [1.29, 1.82) is 10.5 Å². The first-order valence-electron chi connectivity index (χ1n) is 11.4. The zero-order valence-corrected chi connectivity index (χ0v) is 23.8. The molecule has 0 unspecified atom stereocenters. The van der Waals surface area contributed by atoms with E-state index in [9.17, 15) is 8.42 Å². The second-order valence-electron chi connectivity index (χ2n) is 8.43. The third-order valence-corrected chi connectivity index (χ3v) is 7.09. The van der Waals surface area contributed by atoms with E-state index in [1.165, 1.54) is 37.1 Å². The van der Waals surface area contributed by atoms with Gasteiger partial charge in [-0.05, 0) is 49.6 Å². The topological polar surface area (TPSA) is 242 Å². The van der Waals surface area contributed by atoms with Gasteiger partial charge in [0.15, 0.2) is 0 Å². The van der Waals surface area contributed by atoms with E-state index in [2.05, 4.69) is 15.8 Å². The van der Waals surface area contributed by atoms with Gasteiger partial charge in [-0.1, -0.05) is 25.0 Å². The predicted octanol–water partition coefficient (Wildman–Crippen LogP) is -0.281. The third kappa shape index (κ3) is 9.20. The van der Waals surface area contributed by atoms with Crippen molar-refractivity contribution in [3.8, 4) is 12.1 Å². The molecule has 4 rings (SSSR count). The Bertz CT molecular complexity index is 1490. The first kappa shape index (κ1) is 33.3. The summed E-state index contributed by atoms with van der Waals surface area (Å²) in [5, 5.41) is 36.6. The number of carbonyl (C=O) groups excluding carboxylic acids is 2. The summed E-state index contributed by atoms with van der Waals surface area (Å²) in [6, 6.07) is 13.7. The molecule has 0 bridgehead atoms. The number of nitrogens with two attached hydrogens (primary N) is 2. The molecule has 1 heterocycles. The number of carboxylic acids is 2. The average molecular weight is 734 g/mol. The Hall–Kier alpha value is -3.74. The summed E-state index contributed by atoms with van der Waals surface area (Å²) >= 11 is 0. The van der Waals surface area contributed by atoms with Gasteiger partial charge in [-0.2, -0.15) is 10.5 Å². The van der Waals surface area contributed by atoms with E-state index >= 15 is 0 Å². The van der Waals surface area contributed by atoms with Crippen LogP contribution in [0.4, 0.5) is 5.69 Å². The molecule has 6 N–H and O–H groups in total. The number of aromatic nitrogens is 1. The Morgan fingerprint density at radius 1 is 1.03 bits per heavy atom. The number of anilines is 1. The number of fused-ring (bicyclic) bond motifs is 1.